The van der Waals surface area contributed by atoms with Gasteiger partial charge in [0.05, 0.1) is 23.2 Å². The number of aryl methyl sites for hydroxylation is 1. The van der Waals surface area contributed by atoms with Crippen LogP contribution in [-0.4, -0.2) is 31.5 Å². The van der Waals surface area contributed by atoms with Gasteiger partial charge in [-0.05, 0) is 24.6 Å². The predicted molar refractivity (Wildman–Crippen MR) is 70.0 cm³/mol. The highest BCUT2D eigenvalue weighted by Gasteiger charge is 2.15. The van der Waals surface area contributed by atoms with E-state index in [1.54, 1.807) is 19.2 Å². The zero-order chi connectivity index (χ0) is 12.8. The molecule has 94 valence electrons. The van der Waals surface area contributed by atoms with E-state index in [4.69, 9.17) is 27.9 Å². The van der Waals surface area contributed by atoms with Crippen LogP contribution in [0.4, 0.5) is 0 Å². The van der Waals surface area contributed by atoms with Crippen LogP contribution in [0.5, 0.6) is 0 Å². The first kappa shape index (κ1) is 14.3. The first-order valence-electron chi connectivity index (χ1n) is 5.20. The topological polar surface area (TPSA) is 38.3 Å². The van der Waals surface area contributed by atoms with Crippen LogP contribution in [0, 0.1) is 6.92 Å². The van der Waals surface area contributed by atoms with Crippen LogP contribution in [0.1, 0.15) is 15.9 Å². The third kappa shape index (κ3) is 4.19. The number of rotatable bonds is 5. The van der Waals surface area contributed by atoms with Gasteiger partial charge in [0, 0.05) is 13.0 Å². The molecule has 0 heterocycles. The lowest BCUT2D eigenvalue weighted by atomic mass is 10.1. The molecule has 1 rings (SSSR count). The molecule has 1 N–H and O–H groups in total. The number of carbonyl (C=O) groups excluding carboxylic acids is 1. The Bertz CT molecular complexity index is 396. The van der Waals surface area contributed by atoms with Crippen molar-refractivity contribution in [3.8, 4) is 0 Å². The van der Waals surface area contributed by atoms with E-state index < -0.39 is 0 Å². The fourth-order valence-electron chi connectivity index (χ4n) is 1.39. The summed E-state index contributed by atoms with van der Waals surface area (Å²) >= 11 is 11.7. The second kappa shape index (κ2) is 6.84. The number of alkyl halides is 1. The Morgan fingerprint density at radius 1 is 1.53 bits per heavy atom. The average Bonchev–Trinajstić information content (AvgIpc) is 2.28. The molecule has 5 heteroatoms. The van der Waals surface area contributed by atoms with E-state index >= 15 is 0 Å². The van der Waals surface area contributed by atoms with Gasteiger partial charge in [-0.25, -0.2) is 0 Å². The Kier molecular flexibility index (Phi) is 5.75. The van der Waals surface area contributed by atoms with E-state index in [0.717, 1.165) is 5.56 Å². The Balaban J connectivity index is 2.75. The molecule has 0 radical (unpaired) electrons. The summed E-state index contributed by atoms with van der Waals surface area (Å²) in [5.74, 6) is 0.0565. The molecule has 17 heavy (non-hydrogen) atoms. The van der Waals surface area contributed by atoms with Crippen LogP contribution in [-0.2, 0) is 4.74 Å². The van der Waals surface area contributed by atoms with E-state index in [-0.39, 0.29) is 11.9 Å². The van der Waals surface area contributed by atoms with E-state index in [1.807, 2.05) is 13.0 Å². The van der Waals surface area contributed by atoms with Crippen molar-refractivity contribution in [3.05, 3.63) is 34.3 Å². The standard InChI is InChI=1S/C12H15Cl2NO2/c1-8-3-4-10(11(14)5-8)12(16)15-9(6-13)7-17-2/h3-5,9H,6-7H2,1-2H3,(H,15,16). The van der Waals surface area contributed by atoms with Crippen LogP contribution in [0.2, 0.25) is 5.02 Å². The zero-order valence-electron chi connectivity index (χ0n) is 9.80. The molecule has 0 aliphatic carbocycles. The number of hydrogen-bond donors (Lipinski definition) is 1. The maximum absolute atomic E-state index is 11.9. The van der Waals surface area contributed by atoms with Crippen molar-refractivity contribution in [3.63, 3.8) is 0 Å². The SMILES string of the molecule is COCC(CCl)NC(=O)c1ccc(C)cc1Cl. The quantitative estimate of drug-likeness (QED) is 0.839. The molecule has 0 bridgehead atoms. The largest absolute Gasteiger partial charge is 0.383 e. The van der Waals surface area contributed by atoms with Gasteiger partial charge < -0.3 is 10.1 Å². The van der Waals surface area contributed by atoms with Crippen LogP contribution >= 0.6 is 23.2 Å². The van der Waals surface area contributed by atoms with Crippen molar-refractivity contribution in [2.24, 2.45) is 0 Å². The maximum atomic E-state index is 11.9. The van der Waals surface area contributed by atoms with Gasteiger partial charge >= 0.3 is 0 Å². The minimum Gasteiger partial charge on any atom is -0.383 e. The first-order valence-corrected chi connectivity index (χ1v) is 6.11. The van der Waals surface area contributed by atoms with Gasteiger partial charge in [0.15, 0.2) is 0 Å². The number of amides is 1. The lowest BCUT2D eigenvalue weighted by Gasteiger charge is -2.15. The van der Waals surface area contributed by atoms with Crippen molar-refractivity contribution < 1.29 is 9.53 Å². The van der Waals surface area contributed by atoms with Gasteiger partial charge in [-0.15, -0.1) is 11.6 Å². The maximum Gasteiger partial charge on any atom is 0.253 e. The molecule has 1 unspecified atom stereocenters. The second-order valence-electron chi connectivity index (χ2n) is 3.76. The molecule has 1 amide bonds. The molecule has 0 saturated carbocycles. The third-order valence-corrected chi connectivity index (χ3v) is 2.94. The lowest BCUT2D eigenvalue weighted by Crippen LogP contribution is -2.39. The fraction of sp³-hybridized carbons (Fsp3) is 0.417. The number of nitrogens with one attached hydrogen (secondary N) is 1. The van der Waals surface area contributed by atoms with Crippen molar-refractivity contribution in [2.75, 3.05) is 19.6 Å². The van der Waals surface area contributed by atoms with Crippen LogP contribution < -0.4 is 5.32 Å². The zero-order valence-corrected chi connectivity index (χ0v) is 11.3. The first-order chi connectivity index (χ1) is 8.08. The van der Waals surface area contributed by atoms with E-state index in [9.17, 15) is 4.79 Å². The smallest absolute Gasteiger partial charge is 0.253 e. The van der Waals surface area contributed by atoms with Gasteiger partial charge in [0.1, 0.15) is 0 Å². The summed E-state index contributed by atoms with van der Waals surface area (Å²) in [7, 11) is 1.56. The molecule has 0 spiro atoms. The molecule has 0 aliphatic heterocycles. The summed E-state index contributed by atoms with van der Waals surface area (Å²) < 4.78 is 4.95. The van der Waals surface area contributed by atoms with E-state index in [1.165, 1.54) is 0 Å². The molecule has 0 fully saturated rings. The van der Waals surface area contributed by atoms with Gasteiger partial charge in [-0.2, -0.15) is 0 Å². The van der Waals surface area contributed by atoms with Crippen molar-refractivity contribution >= 4 is 29.1 Å². The fourth-order valence-corrected chi connectivity index (χ4v) is 1.88. The van der Waals surface area contributed by atoms with Gasteiger partial charge in [0.25, 0.3) is 5.91 Å². The number of ether oxygens (including phenoxy) is 1. The number of benzene rings is 1. The molecule has 3 nitrogen and oxygen atoms in total. The number of hydrogen-bond acceptors (Lipinski definition) is 2. The Morgan fingerprint density at radius 2 is 2.24 bits per heavy atom. The Hall–Kier alpha value is -0.770. The minimum absolute atomic E-state index is 0.216. The lowest BCUT2D eigenvalue weighted by molar-refractivity contribution is 0.0907. The highest BCUT2D eigenvalue weighted by atomic mass is 35.5. The molecule has 1 aromatic carbocycles. The van der Waals surface area contributed by atoms with Crippen molar-refractivity contribution in [2.45, 2.75) is 13.0 Å². The summed E-state index contributed by atoms with van der Waals surface area (Å²) in [5, 5.41) is 3.20. The van der Waals surface area contributed by atoms with Gasteiger partial charge in [-0.1, -0.05) is 17.7 Å². The summed E-state index contributed by atoms with van der Waals surface area (Å²) in [6, 6.07) is 5.08. The third-order valence-electron chi connectivity index (χ3n) is 2.26. The molecule has 1 aromatic rings. The molecular formula is C12H15Cl2NO2. The summed E-state index contributed by atoms with van der Waals surface area (Å²) in [6.45, 7) is 2.29. The van der Waals surface area contributed by atoms with Gasteiger partial charge in [-0.3, -0.25) is 4.79 Å². The number of methoxy groups -OCH3 is 1. The normalized spacial score (nSPS) is 12.2. The monoisotopic (exact) mass is 275 g/mol. The minimum atomic E-state index is -0.238. The Labute approximate surface area is 111 Å². The highest BCUT2D eigenvalue weighted by Crippen LogP contribution is 2.17. The average molecular weight is 276 g/mol. The predicted octanol–water partition coefficient (Wildman–Crippen LogP) is 2.63. The molecule has 0 saturated heterocycles. The highest BCUT2D eigenvalue weighted by molar-refractivity contribution is 6.33. The summed E-state index contributed by atoms with van der Waals surface area (Å²) in [6.07, 6.45) is 0. The van der Waals surface area contributed by atoms with Gasteiger partial charge in [0.2, 0.25) is 0 Å². The second-order valence-corrected chi connectivity index (χ2v) is 4.48. The number of carbonyl (C=O) groups is 1. The Morgan fingerprint density at radius 3 is 2.76 bits per heavy atom. The summed E-state index contributed by atoms with van der Waals surface area (Å²) in [5.41, 5.74) is 1.46. The molecular weight excluding hydrogens is 261 g/mol. The van der Waals surface area contributed by atoms with Crippen LogP contribution in [0.25, 0.3) is 0 Å². The van der Waals surface area contributed by atoms with Crippen molar-refractivity contribution in [1.29, 1.82) is 0 Å². The van der Waals surface area contributed by atoms with Crippen molar-refractivity contribution in [1.82, 2.24) is 5.32 Å². The molecule has 1 atom stereocenters. The van der Waals surface area contributed by atoms with E-state index in [0.29, 0.717) is 23.1 Å². The summed E-state index contributed by atoms with van der Waals surface area (Å²) in [4.78, 5) is 11.9. The van der Waals surface area contributed by atoms with E-state index in [2.05, 4.69) is 5.32 Å². The molecule has 0 aliphatic rings. The van der Waals surface area contributed by atoms with Crippen LogP contribution in [0.3, 0.4) is 0 Å². The van der Waals surface area contributed by atoms with Crippen LogP contribution in [0.15, 0.2) is 18.2 Å². The molecule has 0 aromatic heterocycles. The number of halogens is 2.